The van der Waals surface area contributed by atoms with Gasteiger partial charge in [0.1, 0.15) is 11.6 Å². The van der Waals surface area contributed by atoms with Gasteiger partial charge in [-0.2, -0.15) is 0 Å². The largest absolute Gasteiger partial charge is 0.310 e. The Labute approximate surface area is 94.1 Å². The molecule has 0 atom stereocenters. The molecule has 86 valence electrons. The Kier molecular flexibility index (Phi) is 3.49. The van der Waals surface area contributed by atoms with Gasteiger partial charge < -0.3 is 5.32 Å². The second-order valence-electron chi connectivity index (χ2n) is 4.19. The number of aromatic nitrogens is 1. The summed E-state index contributed by atoms with van der Waals surface area (Å²) in [5.41, 5.74) is 0. The van der Waals surface area contributed by atoms with Crippen LogP contribution in [0.3, 0.4) is 0 Å². The molecular formula is C12H15FN2O. The number of carbonyl (C=O) groups is 1. The molecule has 0 saturated heterocycles. The highest BCUT2D eigenvalue weighted by molar-refractivity contribution is 5.91. The first-order chi connectivity index (χ1) is 7.75. The SMILES string of the molecule is O=C(Nc1ccc(F)cn1)C1CCCCC1. The summed E-state index contributed by atoms with van der Waals surface area (Å²) in [5, 5.41) is 2.72. The minimum absolute atomic E-state index is 0.0128. The molecule has 0 radical (unpaired) electrons. The maximum absolute atomic E-state index is 12.6. The lowest BCUT2D eigenvalue weighted by molar-refractivity contribution is -0.120. The molecule has 0 spiro atoms. The van der Waals surface area contributed by atoms with Crippen molar-refractivity contribution in [3.8, 4) is 0 Å². The maximum Gasteiger partial charge on any atom is 0.228 e. The molecule has 1 amide bonds. The first kappa shape index (κ1) is 11.0. The molecule has 1 N–H and O–H groups in total. The molecular weight excluding hydrogens is 207 g/mol. The molecule has 0 aliphatic heterocycles. The molecule has 3 nitrogen and oxygen atoms in total. The summed E-state index contributed by atoms with van der Waals surface area (Å²) in [6.45, 7) is 0. The van der Waals surface area contributed by atoms with E-state index in [1.807, 2.05) is 0 Å². The summed E-state index contributed by atoms with van der Waals surface area (Å²) in [5.74, 6) is 0.145. The van der Waals surface area contributed by atoms with Crippen LogP contribution in [0.4, 0.5) is 10.2 Å². The first-order valence-electron chi connectivity index (χ1n) is 5.68. The van der Waals surface area contributed by atoms with Gasteiger partial charge in [-0.3, -0.25) is 4.79 Å². The zero-order valence-electron chi connectivity index (χ0n) is 9.08. The van der Waals surface area contributed by atoms with Crippen molar-refractivity contribution in [2.24, 2.45) is 5.92 Å². The van der Waals surface area contributed by atoms with Crippen LogP contribution in [0, 0.1) is 11.7 Å². The van der Waals surface area contributed by atoms with E-state index in [4.69, 9.17) is 0 Å². The Morgan fingerprint density at radius 3 is 2.69 bits per heavy atom. The molecule has 1 aliphatic carbocycles. The summed E-state index contributed by atoms with van der Waals surface area (Å²) >= 11 is 0. The smallest absolute Gasteiger partial charge is 0.228 e. The van der Waals surface area contributed by atoms with E-state index in [0.717, 1.165) is 31.9 Å². The van der Waals surface area contributed by atoms with Crippen molar-refractivity contribution in [1.29, 1.82) is 0 Å². The molecule has 0 unspecified atom stereocenters. The number of hydrogen-bond acceptors (Lipinski definition) is 2. The minimum Gasteiger partial charge on any atom is -0.310 e. The fraction of sp³-hybridized carbons (Fsp3) is 0.500. The number of anilines is 1. The summed E-state index contributed by atoms with van der Waals surface area (Å²) in [6.07, 6.45) is 6.47. The van der Waals surface area contributed by atoms with Gasteiger partial charge in [0.15, 0.2) is 0 Å². The second-order valence-corrected chi connectivity index (χ2v) is 4.19. The summed E-state index contributed by atoms with van der Waals surface area (Å²) in [6, 6.07) is 2.78. The summed E-state index contributed by atoms with van der Waals surface area (Å²) < 4.78 is 12.6. The van der Waals surface area contributed by atoms with Gasteiger partial charge in [-0.05, 0) is 25.0 Å². The number of hydrogen-bond donors (Lipinski definition) is 1. The standard InChI is InChI=1S/C12H15FN2O/c13-10-6-7-11(14-8-10)15-12(16)9-4-2-1-3-5-9/h6-9H,1-5H2,(H,14,15,16). The fourth-order valence-corrected chi connectivity index (χ4v) is 2.04. The number of nitrogens with one attached hydrogen (secondary N) is 1. The van der Waals surface area contributed by atoms with Gasteiger partial charge >= 0.3 is 0 Å². The average Bonchev–Trinajstić information content (AvgIpc) is 2.33. The van der Waals surface area contributed by atoms with Gasteiger partial charge in [0.2, 0.25) is 5.91 Å². The van der Waals surface area contributed by atoms with Crippen LogP contribution < -0.4 is 5.32 Å². The van der Waals surface area contributed by atoms with E-state index in [0.29, 0.717) is 5.82 Å². The topological polar surface area (TPSA) is 42.0 Å². The van der Waals surface area contributed by atoms with Crippen molar-refractivity contribution in [2.75, 3.05) is 5.32 Å². The molecule has 1 aromatic heterocycles. The number of pyridine rings is 1. The van der Waals surface area contributed by atoms with Crippen LogP contribution in [-0.4, -0.2) is 10.9 Å². The Morgan fingerprint density at radius 2 is 2.06 bits per heavy atom. The van der Waals surface area contributed by atoms with Crippen LogP contribution in [0.5, 0.6) is 0 Å². The minimum atomic E-state index is -0.393. The molecule has 1 heterocycles. The Bertz CT molecular complexity index is 358. The Hall–Kier alpha value is -1.45. The molecule has 0 aromatic carbocycles. The van der Waals surface area contributed by atoms with E-state index in [9.17, 15) is 9.18 Å². The predicted octanol–water partition coefficient (Wildman–Crippen LogP) is 2.74. The van der Waals surface area contributed by atoms with E-state index in [-0.39, 0.29) is 11.8 Å². The van der Waals surface area contributed by atoms with Crippen LogP contribution in [0.25, 0.3) is 0 Å². The normalized spacial score (nSPS) is 17.1. The summed E-state index contributed by atoms with van der Waals surface area (Å²) in [7, 11) is 0. The monoisotopic (exact) mass is 222 g/mol. The molecule has 1 fully saturated rings. The highest BCUT2D eigenvalue weighted by Gasteiger charge is 2.21. The Morgan fingerprint density at radius 1 is 1.31 bits per heavy atom. The second kappa shape index (κ2) is 5.05. The lowest BCUT2D eigenvalue weighted by atomic mass is 9.89. The number of nitrogens with zero attached hydrogens (tertiary/aromatic N) is 1. The zero-order chi connectivity index (χ0) is 11.4. The van der Waals surface area contributed by atoms with Crippen molar-refractivity contribution in [3.05, 3.63) is 24.1 Å². The Balaban J connectivity index is 1.93. The van der Waals surface area contributed by atoms with Crippen LogP contribution in [0.1, 0.15) is 32.1 Å². The van der Waals surface area contributed by atoms with Crippen molar-refractivity contribution in [1.82, 2.24) is 4.98 Å². The van der Waals surface area contributed by atoms with Crippen LogP contribution in [-0.2, 0) is 4.79 Å². The zero-order valence-corrected chi connectivity index (χ0v) is 9.08. The molecule has 0 bridgehead atoms. The average molecular weight is 222 g/mol. The molecule has 16 heavy (non-hydrogen) atoms. The third-order valence-electron chi connectivity index (χ3n) is 2.95. The first-order valence-corrected chi connectivity index (χ1v) is 5.68. The van der Waals surface area contributed by atoms with Gasteiger partial charge in [0, 0.05) is 5.92 Å². The maximum atomic E-state index is 12.6. The van der Waals surface area contributed by atoms with E-state index in [2.05, 4.69) is 10.3 Å². The number of rotatable bonds is 2. The molecule has 2 rings (SSSR count). The van der Waals surface area contributed by atoms with Crippen molar-refractivity contribution < 1.29 is 9.18 Å². The van der Waals surface area contributed by atoms with Gasteiger partial charge in [0.05, 0.1) is 6.20 Å². The predicted molar refractivity (Wildman–Crippen MR) is 59.4 cm³/mol. The highest BCUT2D eigenvalue weighted by atomic mass is 19.1. The van der Waals surface area contributed by atoms with Crippen LogP contribution in [0.15, 0.2) is 18.3 Å². The van der Waals surface area contributed by atoms with Crippen molar-refractivity contribution in [3.63, 3.8) is 0 Å². The number of amides is 1. The number of carbonyl (C=O) groups excluding carboxylic acids is 1. The van der Waals surface area contributed by atoms with E-state index < -0.39 is 5.82 Å². The van der Waals surface area contributed by atoms with E-state index in [1.54, 1.807) is 0 Å². The van der Waals surface area contributed by atoms with Crippen LogP contribution >= 0.6 is 0 Å². The lowest BCUT2D eigenvalue weighted by Gasteiger charge is -2.20. The fourth-order valence-electron chi connectivity index (χ4n) is 2.04. The number of halogens is 1. The lowest BCUT2D eigenvalue weighted by Crippen LogP contribution is -2.25. The summed E-state index contributed by atoms with van der Waals surface area (Å²) in [4.78, 5) is 15.6. The molecule has 1 saturated carbocycles. The van der Waals surface area contributed by atoms with Gasteiger partial charge in [-0.1, -0.05) is 19.3 Å². The van der Waals surface area contributed by atoms with Gasteiger partial charge in [-0.15, -0.1) is 0 Å². The molecule has 1 aliphatic rings. The van der Waals surface area contributed by atoms with Crippen LogP contribution in [0.2, 0.25) is 0 Å². The van der Waals surface area contributed by atoms with E-state index in [1.165, 1.54) is 18.6 Å². The van der Waals surface area contributed by atoms with Crippen molar-refractivity contribution in [2.45, 2.75) is 32.1 Å². The van der Waals surface area contributed by atoms with Gasteiger partial charge in [0.25, 0.3) is 0 Å². The quantitative estimate of drug-likeness (QED) is 0.836. The third kappa shape index (κ3) is 2.78. The van der Waals surface area contributed by atoms with Crippen molar-refractivity contribution >= 4 is 11.7 Å². The third-order valence-corrected chi connectivity index (χ3v) is 2.95. The highest BCUT2D eigenvalue weighted by Crippen LogP contribution is 2.24. The van der Waals surface area contributed by atoms with Gasteiger partial charge in [-0.25, -0.2) is 9.37 Å². The van der Waals surface area contributed by atoms with E-state index >= 15 is 0 Å². The molecule has 1 aromatic rings. The molecule has 4 heteroatoms.